The van der Waals surface area contributed by atoms with Crippen LogP contribution in [0.3, 0.4) is 0 Å². The molecule has 2 saturated heterocycles. The molecule has 0 unspecified atom stereocenters. The van der Waals surface area contributed by atoms with E-state index >= 15 is 0 Å². The van der Waals surface area contributed by atoms with E-state index in [0.717, 1.165) is 12.8 Å². The van der Waals surface area contributed by atoms with Crippen LogP contribution in [0.15, 0.2) is 21.7 Å². The van der Waals surface area contributed by atoms with Gasteiger partial charge in [-0.25, -0.2) is 8.42 Å². The van der Waals surface area contributed by atoms with Gasteiger partial charge in [0.25, 0.3) is 10.0 Å². The molecule has 0 N–H and O–H groups in total. The molecule has 3 rings (SSSR count). The number of likely N-dealkylation sites (tertiary alicyclic amines) is 1. The highest BCUT2D eigenvalue weighted by Crippen LogP contribution is 2.36. The molecule has 0 spiro atoms. The number of hydrogen-bond donors (Lipinski definition) is 0. The molecule has 1 aromatic heterocycles. The Bertz CT molecular complexity index is 582. The molecule has 1 amide bonds. The fourth-order valence-corrected chi connectivity index (χ4v) is 5.94. The van der Waals surface area contributed by atoms with Gasteiger partial charge in [-0.15, -0.1) is 11.3 Å². The SMILES string of the molecule is CN1C[C@@H]2CC[C@H](CC1=O)N2S(=O)(=O)c1cccs1. The first-order valence-electron chi connectivity index (χ1n) is 6.31. The Labute approximate surface area is 116 Å². The number of nitrogens with zero attached hydrogens (tertiary/aromatic N) is 2. The minimum atomic E-state index is -3.45. The number of carbonyl (C=O) groups excluding carboxylic acids is 1. The molecular weight excluding hydrogens is 284 g/mol. The summed E-state index contributed by atoms with van der Waals surface area (Å²) in [5.41, 5.74) is 0. The molecule has 2 atom stereocenters. The molecule has 7 heteroatoms. The summed E-state index contributed by atoms with van der Waals surface area (Å²) in [7, 11) is -1.70. The quantitative estimate of drug-likeness (QED) is 0.823. The fraction of sp³-hybridized carbons (Fsp3) is 0.583. The smallest absolute Gasteiger partial charge is 0.253 e. The van der Waals surface area contributed by atoms with Gasteiger partial charge < -0.3 is 4.90 Å². The Morgan fingerprint density at radius 3 is 2.74 bits per heavy atom. The highest BCUT2D eigenvalue weighted by molar-refractivity contribution is 7.91. The van der Waals surface area contributed by atoms with Crippen molar-refractivity contribution in [2.75, 3.05) is 13.6 Å². The Kier molecular flexibility index (Phi) is 3.15. The Hall–Kier alpha value is -0.920. The summed E-state index contributed by atoms with van der Waals surface area (Å²) in [6.45, 7) is 0.500. The highest BCUT2D eigenvalue weighted by Gasteiger charge is 2.46. The van der Waals surface area contributed by atoms with E-state index in [4.69, 9.17) is 0 Å². The van der Waals surface area contributed by atoms with E-state index in [-0.39, 0.29) is 18.0 Å². The highest BCUT2D eigenvalue weighted by atomic mass is 32.2. The monoisotopic (exact) mass is 300 g/mol. The van der Waals surface area contributed by atoms with Crippen LogP contribution >= 0.6 is 11.3 Å². The summed E-state index contributed by atoms with van der Waals surface area (Å²) >= 11 is 1.24. The summed E-state index contributed by atoms with van der Waals surface area (Å²) in [4.78, 5) is 13.5. The van der Waals surface area contributed by atoms with Crippen molar-refractivity contribution in [2.24, 2.45) is 0 Å². The summed E-state index contributed by atoms with van der Waals surface area (Å²) in [5, 5.41) is 1.77. The zero-order chi connectivity index (χ0) is 13.6. The fourth-order valence-electron chi connectivity index (χ4n) is 2.98. The molecule has 104 valence electrons. The van der Waals surface area contributed by atoms with E-state index in [9.17, 15) is 13.2 Å². The van der Waals surface area contributed by atoms with E-state index < -0.39 is 10.0 Å². The first-order chi connectivity index (χ1) is 9.00. The van der Waals surface area contributed by atoms with Crippen LogP contribution in [0.25, 0.3) is 0 Å². The first-order valence-corrected chi connectivity index (χ1v) is 8.63. The molecule has 3 heterocycles. The van der Waals surface area contributed by atoms with Crippen LogP contribution in [0.5, 0.6) is 0 Å². The van der Waals surface area contributed by atoms with Gasteiger partial charge in [0.1, 0.15) is 4.21 Å². The predicted octanol–water partition coefficient (Wildman–Crippen LogP) is 1.13. The second-order valence-electron chi connectivity index (χ2n) is 5.13. The zero-order valence-electron chi connectivity index (χ0n) is 10.7. The zero-order valence-corrected chi connectivity index (χ0v) is 12.3. The lowest BCUT2D eigenvalue weighted by Gasteiger charge is -2.26. The minimum Gasteiger partial charge on any atom is -0.344 e. The summed E-state index contributed by atoms with van der Waals surface area (Å²) in [6, 6.07) is 3.13. The van der Waals surface area contributed by atoms with Crippen LogP contribution in [-0.2, 0) is 14.8 Å². The van der Waals surface area contributed by atoms with E-state index in [1.807, 2.05) is 0 Å². The number of likely N-dealkylation sites (N-methyl/N-ethyl adjacent to an activating group) is 1. The molecule has 2 fully saturated rings. The maximum atomic E-state index is 12.7. The molecule has 0 aliphatic carbocycles. The molecule has 1 aromatic rings. The number of fused-ring (bicyclic) bond motifs is 2. The molecule has 5 nitrogen and oxygen atoms in total. The third kappa shape index (κ3) is 2.09. The molecule has 2 bridgehead atoms. The van der Waals surface area contributed by atoms with E-state index in [1.54, 1.807) is 33.8 Å². The van der Waals surface area contributed by atoms with Gasteiger partial charge in [-0.05, 0) is 24.3 Å². The third-order valence-corrected chi connectivity index (χ3v) is 7.28. The lowest BCUT2D eigenvalue weighted by atomic mass is 10.1. The van der Waals surface area contributed by atoms with Gasteiger partial charge in [0, 0.05) is 32.1 Å². The normalized spacial score (nSPS) is 28.7. The summed E-state index contributed by atoms with van der Waals surface area (Å²) in [5.74, 6) is 0.0404. The molecule has 0 saturated carbocycles. The van der Waals surface area contributed by atoms with Crippen molar-refractivity contribution in [3.8, 4) is 0 Å². The van der Waals surface area contributed by atoms with E-state index in [1.165, 1.54) is 11.3 Å². The van der Waals surface area contributed by atoms with E-state index in [0.29, 0.717) is 17.2 Å². The molecule has 0 radical (unpaired) electrons. The predicted molar refractivity (Wildman–Crippen MR) is 72.4 cm³/mol. The van der Waals surface area contributed by atoms with Gasteiger partial charge in [-0.2, -0.15) is 4.31 Å². The number of sulfonamides is 1. The van der Waals surface area contributed by atoms with Crippen LogP contribution in [0.1, 0.15) is 19.3 Å². The number of amides is 1. The first kappa shape index (κ1) is 13.1. The number of thiophene rings is 1. The molecular formula is C12H16N2O3S2. The number of carbonyl (C=O) groups is 1. The van der Waals surface area contributed by atoms with Crippen LogP contribution in [0.4, 0.5) is 0 Å². The van der Waals surface area contributed by atoms with Gasteiger partial charge in [0.05, 0.1) is 0 Å². The molecule has 0 aromatic carbocycles. The lowest BCUT2D eigenvalue weighted by molar-refractivity contribution is -0.130. The van der Waals surface area contributed by atoms with Crippen LogP contribution < -0.4 is 0 Å². The van der Waals surface area contributed by atoms with Crippen LogP contribution in [-0.4, -0.2) is 49.2 Å². The standard InChI is InChI=1S/C12H16N2O3S2/c1-13-8-10-5-4-9(7-11(13)15)14(10)19(16,17)12-3-2-6-18-12/h2-3,6,9-10H,4-5,7-8H2,1H3/t9-,10+/m1/s1. The van der Waals surface area contributed by atoms with Crippen molar-refractivity contribution in [3.63, 3.8) is 0 Å². The third-order valence-electron chi connectivity index (χ3n) is 3.90. The maximum Gasteiger partial charge on any atom is 0.253 e. The van der Waals surface area contributed by atoms with Gasteiger partial charge >= 0.3 is 0 Å². The maximum absolute atomic E-state index is 12.7. The minimum absolute atomic E-state index is 0.0404. The molecule has 19 heavy (non-hydrogen) atoms. The van der Waals surface area contributed by atoms with Crippen molar-refractivity contribution in [2.45, 2.75) is 35.6 Å². The van der Waals surface area contributed by atoms with Gasteiger partial charge in [-0.3, -0.25) is 4.79 Å². The summed E-state index contributed by atoms with van der Waals surface area (Å²) in [6.07, 6.45) is 1.93. The lowest BCUT2D eigenvalue weighted by Crippen LogP contribution is -2.42. The second-order valence-corrected chi connectivity index (χ2v) is 8.15. The van der Waals surface area contributed by atoms with Gasteiger partial charge in [-0.1, -0.05) is 6.07 Å². The topological polar surface area (TPSA) is 57.7 Å². The van der Waals surface area contributed by atoms with E-state index in [2.05, 4.69) is 0 Å². The Morgan fingerprint density at radius 1 is 1.32 bits per heavy atom. The van der Waals surface area contributed by atoms with Crippen molar-refractivity contribution in [3.05, 3.63) is 17.5 Å². The number of rotatable bonds is 2. The van der Waals surface area contributed by atoms with Crippen molar-refractivity contribution in [1.82, 2.24) is 9.21 Å². The van der Waals surface area contributed by atoms with Crippen molar-refractivity contribution < 1.29 is 13.2 Å². The van der Waals surface area contributed by atoms with Gasteiger partial charge in [0.2, 0.25) is 5.91 Å². The molecule has 2 aliphatic heterocycles. The van der Waals surface area contributed by atoms with Crippen molar-refractivity contribution in [1.29, 1.82) is 0 Å². The van der Waals surface area contributed by atoms with Gasteiger partial charge in [0.15, 0.2) is 0 Å². The van der Waals surface area contributed by atoms with Crippen LogP contribution in [0, 0.1) is 0 Å². The summed E-state index contributed by atoms with van der Waals surface area (Å²) < 4.78 is 27.3. The Morgan fingerprint density at radius 2 is 2.05 bits per heavy atom. The average Bonchev–Trinajstić information content (AvgIpc) is 2.96. The van der Waals surface area contributed by atoms with Crippen LogP contribution in [0.2, 0.25) is 0 Å². The Balaban J connectivity index is 1.99. The second kappa shape index (κ2) is 4.57. The average molecular weight is 300 g/mol. The molecule has 2 aliphatic rings. The largest absolute Gasteiger partial charge is 0.344 e. The number of hydrogen-bond acceptors (Lipinski definition) is 4. The van der Waals surface area contributed by atoms with Crippen molar-refractivity contribution >= 4 is 27.3 Å².